The van der Waals surface area contributed by atoms with E-state index >= 15 is 0 Å². The van der Waals surface area contributed by atoms with E-state index in [9.17, 15) is 4.79 Å². The van der Waals surface area contributed by atoms with E-state index in [0.29, 0.717) is 24.6 Å². The molecule has 22 heavy (non-hydrogen) atoms. The van der Waals surface area contributed by atoms with E-state index in [1.54, 1.807) is 30.6 Å². The van der Waals surface area contributed by atoms with Gasteiger partial charge in [0, 0.05) is 18.8 Å². The van der Waals surface area contributed by atoms with Gasteiger partial charge in [-0.05, 0) is 24.3 Å². The van der Waals surface area contributed by atoms with E-state index in [2.05, 4.69) is 30.6 Å². The normalized spacial score (nSPS) is 10.5. The van der Waals surface area contributed by atoms with Gasteiger partial charge in [-0.25, -0.2) is 19.7 Å². The van der Waals surface area contributed by atoms with Crippen LogP contribution < -0.4 is 10.6 Å². The summed E-state index contributed by atoms with van der Waals surface area (Å²) in [6.45, 7) is 1.30. The molecule has 0 atom stereocenters. The fourth-order valence-corrected chi connectivity index (χ4v) is 2.02. The molecule has 0 aliphatic heterocycles. The van der Waals surface area contributed by atoms with Gasteiger partial charge in [-0.3, -0.25) is 0 Å². The highest BCUT2D eigenvalue weighted by atomic mass is 16.4. The average Bonchev–Trinajstić information content (AvgIpc) is 3.01. The van der Waals surface area contributed by atoms with Crippen molar-refractivity contribution in [1.29, 1.82) is 0 Å². The Balaban J connectivity index is 1.53. The van der Waals surface area contributed by atoms with Crippen LogP contribution in [0.5, 0.6) is 0 Å². The number of imidazole rings is 1. The van der Waals surface area contributed by atoms with Crippen LogP contribution in [0.15, 0.2) is 36.9 Å². The molecule has 0 saturated heterocycles. The van der Waals surface area contributed by atoms with Crippen molar-refractivity contribution in [1.82, 2.24) is 19.9 Å². The smallest absolute Gasteiger partial charge is 0.335 e. The van der Waals surface area contributed by atoms with E-state index in [1.807, 2.05) is 0 Å². The summed E-state index contributed by atoms with van der Waals surface area (Å²) in [6, 6.07) is 6.61. The second-order valence-electron chi connectivity index (χ2n) is 4.56. The van der Waals surface area contributed by atoms with Crippen molar-refractivity contribution in [2.24, 2.45) is 0 Å². The molecule has 0 amide bonds. The molecular weight excluding hydrogens is 284 g/mol. The van der Waals surface area contributed by atoms with E-state index in [-0.39, 0.29) is 5.56 Å². The molecule has 0 unspecified atom stereocenters. The van der Waals surface area contributed by atoms with Crippen LogP contribution in [0.2, 0.25) is 0 Å². The topological polar surface area (TPSA) is 116 Å². The second-order valence-corrected chi connectivity index (χ2v) is 4.56. The van der Waals surface area contributed by atoms with Crippen molar-refractivity contribution >= 4 is 28.6 Å². The molecule has 2 aromatic heterocycles. The molecule has 4 N–H and O–H groups in total. The second kappa shape index (κ2) is 6.08. The Morgan fingerprint density at radius 3 is 2.64 bits per heavy atom. The van der Waals surface area contributed by atoms with Crippen LogP contribution in [0.1, 0.15) is 10.4 Å². The Morgan fingerprint density at radius 2 is 1.86 bits per heavy atom. The maximum absolute atomic E-state index is 10.8. The number of aromatic carboxylic acids is 1. The zero-order valence-corrected chi connectivity index (χ0v) is 11.6. The van der Waals surface area contributed by atoms with Gasteiger partial charge in [0.25, 0.3) is 0 Å². The third-order valence-electron chi connectivity index (χ3n) is 3.10. The van der Waals surface area contributed by atoms with E-state index in [0.717, 1.165) is 11.2 Å². The molecule has 2 heterocycles. The molecule has 112 valence electrons. The highest BCUT2D eigenvalue weighted by Crippen LogP contribution is 2.14. The number of anilines is 2. The number of nitrogens with one attached hydrogen (secondary N) is 3. The van der Waals surface area contributed by atoms with Crippen molar-refractivity contribution < 1.29 is 9.90 Å². The maximum atomic E-state index is 10.8. The first-order chi connectivity index (χ1) is 10.7. The Hall–Kier alpha value is -3.16. The van der Waals surface area contributed by atoms with Crippen molar-refractivity contribution in [3.8, 4) is 0 Å². The molecule has 0 bridgehead atoms. The summed E-state index contributed by atoms with van der Waals surface area (Å²) in [5.41, 5.74) is 2.52. The van der Waals surface area contributed by atoms with Crippen LogP contribution in [-0.4, -0.2) is 44.1 Å². The summed E-state index contributed by atoms with van der Waals surface area (Å²) in [6.07, 6.45) is 3.04. The number of carboxylic acid groups (broad SMARTS) is 1. The highest BCUT2D eigenvalue weighted by molar-refractivity contribution is 5.88. The lowest BCUT2D eigenvalue weighted by Gasteiger charge is -2.08. The maximum Gasteiger partial charge on any atom is 0.335 e. The molecule has 8 nitrogen and oxygen atoms in total. The Morgan fingerprint density at radius 1 is 1.09 bits per heavy atom. The monoisotopic (exact) mass is 298 g/mol. The van der Waals surface area contributed by atoms with Crippen molar-refractivity contribution in [3.63, 3.8) is 0 Å². The summed E-state index contributed by atoms with van der Waals surface area (Å²) >= 11 is 0. The zero-order chi connectivity index (χ0) is 15.4. The number of carboxylic acids is 1. The predicted molar refractivity (Wildman–Crippen MR) is 82.1 cm³/mol. The number of aromatic nitrogens is 4. The largest absolute Gasteiger partial charge is 0.478 e. The van der Waals surface area contributed by atoms with Gasteiger partial charge in [0.15, 0.2) is 11.5 Å². The molecule has 8 heteroatoms. The lowest BCUT2D eigenvalue weighted by Crippen LogP contribution is -2.14. The molecule has 0 radical (unpaired) electrons. The van der Waals surface area contributed by atoms with Crippen LogP contribution in [0.3, 0.4) is 0 Å². The van der Waals surface area contributed by atoms with Crippen LogP contribution in [0, 0.1) is 0 Å². The first-order valence-electron chi connectivity index (χ1n) is 6.69. The van der Waals surface area contributed by atoms with Gasteiger partial charge in [-0.2, -0.15) is 0 Å². The fraction of sp³-hybridized carbons (Fsp3) is 0.143. The summed E-state index contributed by atoms with van der Waals surface area (Å²) < 4.78 is 0. The average molecular weight is 298 g/mol. The lowest BCUT2D eigenvalue weighted by atomic mass is 10.2. The summed E-state index contributed by atoms with van der Waals surface area (Å²) in [5, 5.41) is 15.2. The molecule has 0 aliphatic rings. The minimum Gasteiger partial charge on any atom is -0.478 e. The number of fused-ring (bicyclic) bond motifs is 1. The first kappa shape index (κ1) is 13.8. The number of rotatable bonds is 6. The van der Waals surface area contributed by atoms with E-state index in [4.69, 9.17) is 5.11 Å². The zero-order valence-electron chi connectivity index (χ0n) is 11.6. The van der Waals surface area contributed by atoms with Crippen LogP contribution in [-0.2, 0) is 0 Å². The molecule has 3 rings (SSSR count). The van der Waals surface area contributed by atoms with Gasteiger partial charge in [0.2, 0.25) is 0 Å². The third kappa shape index (κ3) is 2.95. The predicted octanol–water partition coefficient (Wildman–Crippen LogP) is 1.58. The number of H-pyrrole nitrogens is 1. The molecule has 0 saturated carbocycles. The molecule has 3 aromatic rings. The standard InChI is InChI=1S/C14H14N6O2/c21-14(22)9-1-3-10(4-2-9)15-5-6-16-12-11-13(18-7-17-11)20-8-19-12/h1-4,7-8,15H,5-6H2,(H,21,22)(H2,16,17,18,19,20). The van der Waals surface area contributed by atoms with Crippen LogP contribution in [0.25, 0.3) is 11.2 Å². The number of benzene rings is 1. The minimum atomic E-state index is -0.930. The van der Waals surface area contributed by atoms with Crippen molar-refractivity contribution in [2.75, 3.05) is 23.7 Å². The summed E-state index contributed by atoms with van der Waals surface area (Å²) in [7, 11) is 0. The molecule has 0 aliphatic carbocycles. The number of hydrogen-bond acceptors (Lipinski definition) is 6. The van der Waals surface area contributed by atoms with Gasteiger partial charge in [-0.15, -0.1) is 0 Å². The van der Waals surface area contributed by atoms with E-state index in [1.165, 1.54) is 6.33 Å². The fourth-order valence-electron chi connectivity index (χ4n) is 2.02. The Bertz CT molecular complexity index is 783. The van der Waals surface area contributed by atoms with Gasteiger partial charge in [0.05, 0.1) is 11.9 Å². The van der Waals surface area contributed by atoms with E-state index < -0.39 is 5.97 Å². The summed E-state index contributed by atoms with van der Waals surface area (Å²) in [4.78, 5) is 26.0. The van der Waals surface area contributed by atoms with Gasteiger partial charge in [0.1, 0.15) is 11.8 Å². The first-order valence-corrected chi connectivity index (χ1v) is 6.69. The quantitative estimate of drug-likeness (QED) is 0.510. The number of hydrogen-bond donors (Lipinski definition) is 4. The Labute approximate surface area is 125 Å². The molecule has 0 fully saturated rings. The summed E-state index contributed by atoms with van der Waals surface area (Å²) in [5.74, 6) is -0.230. The Kier molecular flexibility index (Phi) is 3.82. The van der Waals surface area contributed by atoms with Gasteiger partial charge < -0.3 is 20.7 Å². The third-order valence-corrected chi connectivity index (χ3v) is 3.10. The van der Waals surface area contributed by atoms with Crippen LogP contribution >= 0.6 is 0 Å². The van der Waals surface area contributed by atoms with Gasteiger partial charge >= 0.3 is 5.97 Å². The highest BCUT2D eigenvalue weighted by Gasteiger charge is 2.04. The van der Waals surface area contributed by atoms with Crippen molar-refractivity contribution in [2.45, 2.75) is 0 Å². The number of carbonyl (C=O) groups is 1. The van der Waals surface area contributed by atoms with Gasteiger partial charge in [-0.1, -0.05) is 0 Å². The number of nitrogens with zero attached hydrogens (tertiary/aromatic N) is 3. The molecule has 1 aromatic carbocycles. The number of aromatic amines is 1. The molecule has 0 spiro atoms. The SMILES string of the molecule is O=C(O)c1ccc(NCCNc2ncnc3nc[nH]c23)cc1. The molecular formula is C14H14N6O2. The van der Waals surface area contributed by atoms with Crippen LogP contribution in [0.4, 0.5) is 11.5 Å². The minimum absolute atomic E-state index is 0.270. The lowest BCUT2D eigenvalue weighted by molar-refractivity contribution is 0.0697. The van der Waals surface area contributed by atoms with Crippen molar-refractivity contribution in [3.05, 3.63) is 42.5 Å².